The zero-order valence-corrected chi connectivity index (χ0v) is 20.8. The van der Waals surface area contributed by atoms with E-state index in [2.05, 4.69) is 21.9 Å². The van der Waals surface area contributed by atoms with Crippen LogP contribution in [0.5, 0.6) is 0 Å². The molecular formula is C26H31FN4O3S. The van der Waals surface area contributed by atoms with E-state index in [1.54, 1.807) is 6.07 Å². The molecule has 9 heteroatoms. The predicted octanol–water partition coefficient (Wildman–Crippen LogP) is 3.65. The fourth-order valence-electron chi connectivity index (χ4n) is 4.15. The molecule has 1 amide bonds. The fraction of sp³-hybridized carbons (Fsp3) is 0.346. The van der Waals surface area contributed by atoms with Crippen molar-refractivity contribution in [3.05, 3.63) is 83.3 Å². The van der Waals surface area contributed by atoms with Crippen molar-refractivity contribution in [1.29, 1.82) is 0 Å². The summed E-state index contributed by atoms with van der Waals surface area (Å²) in [5.41, 5.74) is 8.06. The summed E-state index contributed by atoms with van der Waals surface area (Å²) in [6.45, 7) is 4.35. The lowest BCUT2D eigenvalue weighted by Gasteiger charge is -2.27. The van der Waals surface area contributed by atoms with Crippen molar-refractivity contribution >= 4 is 27.3 Å². The van der Waals surface area contributed by atoms with E-state index < -0.39 is 21.6 Å². The van der Waals surface area contributed by atoms with Crippen molar-refractivity contribution in [2.75, 3.05) is 13.3 Å². The lowest BCUT2D eigenvalue weighted by atomic mass is 9.87. The van der Waals surface area contributed by atoms with Gasteiger partial charge in [0.1, 0.15) is 27.2 Å². The highest BCUT2D eigenvalue weighted by molar-refractivity contribution is 7.91. The second-order valence-electron chi connectivity index (χ2n) is 8.73. The van der Waals surface area contributed by atoms with Crippen molar-refractivity contribution in [2.45, 2.75) is 37.5 Å². The molecule has 7 nitrogen and oxygen atoms in total. The van der Waals surface area contributed by atoms with Crippen LogP contribution in [0, 0.1) is 11.7 Å². The number of nitrogens with zero attached hydrogens (tertiary/aromatic N) is 2. The topological polar surface area (TPSA) is 114 Å². The smallest absolute Gasteiger partial charge is 0.254 e. The SMILES string of the molecule is C=C(N=C(C(N)=NC)c1ccc(C(=O)NCc2ccccc2)c(F)c1)C1CCC(S(C)(=O)=O)CC1. The summed E-state index contributed by atoms with van der Waals surface area (Å²) < 4.78 is 38.6. The zero-order chi connectivity index (χ0) is 25.6. The first-order valence-electron chi connectivity index (χ1n) is 11.4. The molecule has 3 N–H and O–H groups in total. The van der Waals surface area contributed by atoms with Gasteiger partial charge in [-0.2, -0.15) is 0 Å². The van der Waals surface area contributed by atoms with Crippen molar-refractivity contribution in [3.8, 4) is 0 Å². The van der Waals surface area contributed by atoms with Crippen LogP contribution in [0.2, 0.25) is 0 Å². The highest BCUT2D eigenvalue weighted by Gasteiger charge is 2.29. The minimum Gasteiger partial charge on any atom is -0.382 e. The maximum absolute atomic E-state index is 14.9. The van der Waals surface area contributed by atoms with Gasteiger partial charge in [0.2, 0.25) is 0 Å². The molecule has 0 radical (unpaired) electrons. The molecular weight excluding hydrogens is 467 g/mol. The Bertz CT molecular complexity index is 1250. The van der Waals surface area contributed by atoms with E-state index in [0.29, 0.717) is 36.9 Å². The minimum atomic E-state index is -3.07. The van der Waals surface area contributed by atoms with E-state index in [-0.39, 0.29) is 34.8 Å². The van der Waals surface area contributed by atoms with E-state index in [1.165, 1.54) is 25.4 Å². The molecule has 2 aromatic carbocycles. The second kappa shape index (κ2) is 11.4. The van der Waals surface area contributed by atoms with Crippen molar-refractivity contribution in [2.24, 2.45) is 21.6 Å². The molecule has 1 fully saturated rings. The molecule has 1 aliphatic carbocycles. The lowest BCUT2D eigenvalue weighted by molar-refractivity contribution is 0.0947. The summed E-state index contributed by atoms with van der Waals surface area (Å²) >= 11 is 0. The highest BCUT2D eigenvalue weighted by atomic mass is 32.2. The van der Waals surface area contributed by atoms with Crippen LogP contribution in [0.4, 0.5) is 4.39 Å². The molecule has 0 aromatic heterocycles. The Labute approximate surface area is 206 Å². The zero-order valence-electron chi connectivity index (χ0n) is 20.0. The molecule has 35 heavy (non-hydrogen) atoms. The summed E-state index contributed by atoms with van der Waals surface area (Å²) in [4.78, 5) is 21.1. The Hall–Kier alpha value is -3.33. The molecule has 0 bridgehead atoms. The van der Waals surface area contributed by atoms with Gasteiger partial charge in [0.15, 0.2) is 0 Å². The molecule has 0 atom stereocenters. The fourth-order valence-corrected chi connectivity index (χ4v) is 5.28. The van der Waals surface area contributed by atoms with Gasteiger partial charge in [-0.25, -0.2) is 17.8 Å². The van der Waals surface area contributed by atoms with Crippen LogP contribution >= 0.6 is 0 Å². The summed E-state index contributed by atoms with van der Waals surface area (Å²) in [6, 6.07) is 13.5. The average molecular weight is 499 g/mol. The third-order valence-electron chi connectivity index (χ3n) is 6.27. The van der Waals surface area contributed by atoms with E-state index >= 15 is 0 Å². The molecule has 0 unspecified atom stereocenters. The number of sulfone groups is 1. The van der Waals surface area contributed by atoms with Gasteiger partial charge in [-0.1, -0.05) is 43.0 Å². The molecule has 186 valence electrons. The predicted molar refractivity (Wildman–Crippen MR) is 138 cm³/mol. The Morgan fingerprint density at radius 3 is 2.37 bits per heavy atom. The number of nitrogens with one attached hydrogen (secondary N) is 1. The van der Waals surface area contributed by atoms with Crippen LogP contribution < -0.4 is 11.1 Å². The third-order valence-corrected chi connectivity index (χ3v) is 7.96. The molecule has 0 heterocycles. The average Bonchev–Trinajstić information content (AvgIpc) is 2.85. The van der Waals surface area contributed by atoms with Gasteiger partial charge in [0.25, 0.3) is 5.91 Å². The van der Waals surface area contributed by atoms with E-state index in [4.69, 9.17) is 5.73 Å². The van der Waals surface area contributed by atoms with Crippen molar-refractivity contribution in [3.63, 3.8) is 0 Å². The number of hydrogen-bond acceptors (Lipinski definition) is 5. The van der Waals surface area contributed by atoms with Crippen LogP contribution in [-0.2, 0) is 16.4 Å². The van der Waals surface area contributed by atoms with Crippen LogP contribution in [0.3, 0.4) is 0 Å². The van der Waals surface area contributed by atoms with Crippen LogP contribution in [0.25, 0.3) is 0 Å². The Balaban J connectivity index is 1.76. The molecule has 1 aliphatic rings. The van der Waals surface area contributed by atoms with E-state index in [0.717, 1.165) is 5.56 Å². The number of nitrogens with two attached hydrogens (primary N) is 1. The molecule has 3 rings (SSSR count). The number of hydrogen-bond donors (Lipinski definition) is 2. The van der Waals surface area contributed by atoms with Crippen LogP contribution in [0.15, 0.2) is 70.8 Å². The maximum atomic E-state index is 14.9. The third kappa shape index (κ3) is 6.85. The van der Waals surface area contributed by atoms with Gasteiger partial charge in [-0.3, -0.25) is 9.79 Å². The quantitative estimate of drug-likeness (QED) is 0.427. The van der Waals surface area contributed by atoms with Gasteiger partial charge in [-0.15, -0.1) is 0 Å². The number of aliphatic imine (C=N–C) groups is 2. The van der Waals surface area contributed by atoms with Crippen LogP contribution in [-0.4, -0.2) is 44.4 Å². The molecule has 2 aromatic rings. The van der Waals surface area contributed by atoms with Crippen molar-refractivity contribution < 1.29 is 17.6 Å². The second-order valence-corrected chi connectivity index (χ2v) is 11.1. The first-order chi connectivity index (χ1) is 16.6. The Morgan fingerprint density at radius 2 is 1.80 bits per heavy atom. The van der Waals surface area contributed by atoms with Gasteiger partial charge >= 0.3 is 0 Å². The summed E-state index contributed by atoms with van der Waals surface area (Å²) in [7, 11) is -1.57. The van der Waals surface area contributed by atoms with E-state index in [1.807, 2.05) is 30.3 Å². The van der Waals surface area contributed by atoms with Gasteiger partial charge in [0, 0.05) is 37.0 Å². The minimum absolute atomic E-state index is 0.000501. The number of carbonyl (C=O) groups excluding carboxylic acids is 1. The number of benzene rings is 2. The first kappa shape index (κ1) is 26.3. The van der Waals surface area contributed by atoms with Gasteiger partial charge < -0.3 is 11.1 Å². The number of amidine groups is 1. The molecule has 0 saturated heterocycles. The summed E-state index contributed by atoms with van der Waals surface area (Å²) in [5.74, 6) is -1.12. The Morgan fingerprint density at radius 1 is 1.14 bits per heavy atom. The highest BCUT2D eigenvalue weighted by Crippen LogP contribution is 2.33. The number of rotatable bonds is 8. The lowest BCUT2D eigenvalue weighted by Crippen LogP contribution is -2.28. The number of amides is 1. The standard InChI is InChI=1S/C26H31FN4O3S/c1-17(19-9-12-21(13-10-19)35(3,33)34)31-24(25(28)29-2)20-11-14-22(23(27)15-20)26(32)30-16-18-7-5-4-6-8-18/h4-8,11,14-15,19,21H,1,9-10,12-13,16H2,2-3H3,(H2,28,29)(H,30,32). The molecule has 0 aliphatic heterocycles. The van der Waals surface area contributed by atoms with E-state index in [9.17, 15) is 17.6 Å². The maximum Gasteiger partial charge on any atom is 0.254 e. The number of carbonyl (C=O) groups is 1. The summed E-state index contributed by atoms with van der Waals surface area (Å²) in [5, 5.41) is 2.37. The summed E-state index contributed by atoms with van der Waals surface area (Å²) in [6.07, 6.45) is 3.65. The van der Waals surface area contributed by atoms with Crippen molar-refractivity contribution in [1.82, 2.24) is 5.32 Å². The van der Waals surface area contributed by atoms with Gasteiger partial charge in [-0.05, 0) is 43.4 Å². The monoisotopic (exact) mass is 498 g/mol. The normalized spacial score (nSPS) is 19.3. The van der Waals surface area contributed by atoms with Gasteiger partial charge in [0.05, 0.1) is 10.8 Å². The van der Waals surface area contributed by atoms with Crippen LogP contribution in [0.1, 0.15) is 47.2 Å². The molecule has 1 saturated carbocycles. The largest absolute Gasteiger partial charge is 0.382 e. The Kier molecular flexibility index (Phi) is 8.56. The first-order valence-corrected chi connectivity index (χ1v) is 13.4. The number of allylic oxidation sites excluding steroid dienone is 1. The number of halogens is 1. The molecule has 0 spiro atoms.